The summed E-state index contributed by atoms with van der Waals surface area (Å²) in [4.78, 5) is 4.76. The van der Waals surface area contributed by atoms with Crippen molar-refractivity contribution in [2.24, 2.45) is 0 Å². The SMILES string of the molecule is C=C(C)Cn1c(COc2cccc3ccccc23)nc2ccccc21. The molecule has 3 aromatic carbocycles. The summed E-state index contributed by atoms with van der Waals surface area (Å²) < 4.78 is 8.33. The number of rotatable bonds is 5. The second-order valence-electron chi connectivity index (χ2n) is 6.33. The molecule has 4 aromatic rings. The number of aromatic nitrogens is 2. The third kappa shape index (κ3) is 3.01. The van der Waals surface area contributed by atoms with Crippen LogP contribution in [0.15, 0.2) is 78.9 Å². The Morgan fingerprint density at radius 2 is 1.76 bits per heavy atom. The molecule has 4 rings (SSSR count). The minimum atomic E-state index is 0.427. The lowest BCUT2D eigenvalue weighted by Gasteiger charge is -2.12. The Bertz CT molecular complexity index is 1060. The van der Waals surface area contributed by atoms with Gasteiger partial charge in [0.1, 0.15) is 18.2 Å². The maximum Gasteiger partial charge on any atom is 0.148 e. The lowest BCUT2D eigenvalue weighted by atomic mass is 10.1. The standard InChI is InChI=1S/C22H20N2O/c1-16(2)14-24-20-12-6-5-11-19(20)23-22(24)15-25-21-13-7-9-17-8-3-4-10-18(17)21/h3-13H,1,14-15H2,2H3. The molecule has 124 valence electrons. The smallest absolute Gasteiger partial charge is 0.148 e. The molecule has 1 aromatic heterocycles. The molecule has 0 aliphatic rings. The largest absolute Gasteiger partial charge is 0.485 e. The van der Waals surface area contributed by atoms with Crippen LogP contribution in [0, 0.1) is 0 Å². The molecule has 0 unspecified atom stereocenters. The fourth-order valence-electron chi connectivity index (χ4n) is 3.15. The average molecular weight is 328 g/mol. The third-order valence-electron chi connectivity index (χ3n) is 4.27. The molecular formula is C22H20N2O. The number of imidazole rings is 1. The Balaban J connectivity index is 1.69. The molecule has 0 amide bonds. The minimum Gasteiger partial charge on any atom is -0.485 e. The van der Waals surface area contributed by atoms with Crippen molar-refractivity contribution in [3.05, 3.63) is 84.7 Å². The first kappa shape index (κ1) is 15.5. The summed E-state index contributed by atoms with van der Waals surface area (Å²) in [5, 5.41) is 2.29. The van der Waals surface area contributed by atoms with Gasteiger partial charge in [0.05, 0.1) is 11.0 Å². The van der Waals surface area contributed by atoms with Crippen molar-refractivity contribution in [2.75, 3.05) is 0 Å². The predicted octanol–water partition coefficient (Wildman–Crippen LogP) is 5.34. The number of ether oxygens (including phenoxy) is 1. The molecule has 0 spiro atoms. The van der Waals surface area contributed by atoms with Crippen LogP contribution < -0.4 is 4.74 Å². The summed E-state index contributed by atoms with van der Waals surface area (Å²) in [5.74, 6) is 1.80. The molecule has 0 N–H and O–H groups in total. The fraction of sp³-hybridized carbons (Fsp3) is 0.136. The molecule has 0 saturated heterocycles. The highest BCUT2D eigenvalue weighted by molar-refractivity contribution is 5.88. The summed E-state index contributed by atoms with van der Waals surface area (Å²) in [6.45, 7) is 7.25. The number of benzene rings is 3. The summed E-state index contributed by atoms with van der Waals surface area (Å²) in [6, 6.07) is 22.5. The van der Waals surface area contributed by atoms with E-state index in [0.717, 1.165) is 40.1 Å². The van der Waals surface area contributed by atoms with Crippen molar-refractivity contribution in [2.45, 2.75) is 20.1 Å². The van der Waals surface area contributed by atoms with Crippen molar-refractivity contribution < 1.29 is 4.74 Å². The highest BCUT2D eigenvalue weighted by Gasteiger charge is 2.11. The summed E-state index contributed by atoms with van der Waals surface area (Å²) in [5.41, 5.74) is 3.19. The molecule has 0 fully saturated rings. The van der Waals surface area contributed by atoms with Crippen molar-refractivity contribution in [3.8, 4) is 5.75 Å². The van der Waals surface area contributed by atoms with E-state index in [1.54, 1.807) is 0 Å². The molecule has 0 atom stereocenters. The van der Waals surface area contributed by atoms with Gasteiger partial charge in [0.2, 0.25) is 0 Å². The van der Waals surface area contributed by atoms with Crippen LogP contribution in [0.25, 0.3) is 21.8 Å². The van der Waals surface area contributed by atoms with E-state index in [1.165, 1.54) is 5.39 Å². The Morgan fingerprint density at radius 1 is 1.00 bits per heavy atom. The maximum atomic E-state index is 6.14. The number of para-hydroxylation sites is 2. The second kappa shape index (κ2) is 6.44. The van der Waals surface area contributed by atoms with Gasteiger partial charge in [-0.2, -0.15) is 0 Å². The normalized spacial score (nSPS) is 11.1. The van der Waals surface area contributed by atoms with Crippen LogP contribution in [0.2, 0.25) is 0 Å². The Hall–Kier alpha value is -3.07. The van der Waals surface area contributed by atoms with Crippen LogP contribution >= 0.6 is 0 Å². The van der Waals surface area contributed by atoms with Gasteiger partial charge in [-0.25, -0.2) is 4.98 Å². The first-order chi connectivity index (χ1) is 12.2. The zero-order chi connectivity index (χ0) is 17.2. The van der Waals surface area contributed by atoms with Gasteiger partial charge < -0.3 is 9.30 Å². The molecular weight excluding hydrogens is 308 g/mol. The molecule has 0 bridgehead atoms. The molecule has 3 nitrogen and oxygen atoms in total. The van der Waals surface area contributed by atoms with E-state index in [0.29, 0.717) is 6.61 Å². The first-order valence-electron chi connectivity index (χ1n) is 8.41. The Morgan fingerprint density at radius 3 is 2.64 bits per heavy atom. The van der Waals surface area contributed by atoms with Crippen LogP contribution in [-0.4, -0.2) is 9.55 Å². The number of hydrogen-bond acceptors (Lipinski definition) is 2. The van der Waals surface area contributed by atoms with Gasteiger partial charge in [0, 0.05) is 11.9 Å². The Kier molecular flexibility index (Phi) is 3.98. The molecule has 1 heterocycles. The van der Waals surface area contributed by atoms with E-state index in [-0.39, 0.29) is 0 Å². The number of nitrogens with zero attached hydrogens (tertiary/aromatic N) is 2. The van der Waals surface area contributed by atoms with Gasteiger partial charge in [-0.3, -0.25) is 0 Å². The summed E-state index contributed by atoms with van der Waals surface area (Å²) in [7, 11) is 0. The fourth-order valence-corrected chi connectivity index (χ4v) is 3.15. The first-order valence-corrected chi connectivity index (χ1v) is 8.41. The molecule has 0 aliphatic heterocycles. The van der Waals surface area contributed by atoms with E-state index in [9.17, 15) is 0 Å². The van der Waals surface area contributed by atoms with Gasteiger partial charge >= 0.3 is 0 Å². The van der Waals surface area contributed by atoms with Crippen LogP contribution in [0.4, 0.5) is 0 Å². The van der Waals surface area contributed by atoms with Gasteiger partial charge in [0.15, 0.2) is 0 Å². The third-order valence-corrected chi connectivity index (χ3v) is 4.27. The topological polar surface area (TPSA) is 27.1 Å². The van der Waals surface area contributed by atoms with Crippen LogP contribution in [0.5, 0.6) is 5.75 Å². The molecule has 0 radical (unpaired) electrons. The molecule has 0 saturated carbocycles. The van der Waals surface area contributed by atoms with Gasteiger partial charge in [-0.1, -0.05) is 60.7 Å². The van der Waals surface area contributed by atoms with Crippen molar-refractivity contribution in [1.82, 2.24) is 9.55 Å². The number of fused-ring (bicyclic) bond motifs is 2. The monoisotopic (exact) mass is 328 g/mol. The molecule has 0 aliphatic carbocycles. The summed E-state index contributed by atoms with van der Waals surface area (Å²) >= 11 is 0. The van der Waals surface area contributed by atoms with E-state index >= 15 is 0 Å². The van der Waals surface area contributed by atoms with Crippen LogP contribution in [0.3, 0.4) is 0 Å². The second-order valence-corrected chi connectivity index (χ2v) is 6.33. The van der Waals surface area contributed by atoms with Crippen molar-refractivity contribution >= 4 is 21.8 Å². The zero-order valence-corrected chi connectivity index (χ0v) is 14.3. The lowest BCUT2D eigenvalue weighted by molar-refractivity contribution is 0.295. The quantitative estimate of drug-likeness (QED) is 0.462. The van der Waals surface area contributed by atoms with Crippen molar-refractivity contribution in [3.63, 3.8) is 0 Å². The minimum absolute atomic E-state index is 0.427. The summed E-state index contributed by atoms with van der Waals surface area (Å²) in [6.07, 6.45) is 0. The Labute approximate surface area is 147 Å². The van der Waals surface area contributed by atoms with Crippen LogP contribution in [0.1, 0.15) is 12.7 Å². The highest BCUT2D eigenvalue weighted by Crippen LogP contribution is 2.26. The number of hydrogen-bond donors (Lipinski definition) is 0. The van der Waals surface area contributed by atoms with E-state index in [4.69, 9.17) is 9.72 Å². The zero-order valence-electron chi connectivity index (χ0n) is 14.3. The highest BCUT2D eigenvalue weighted by atomic mass is 16.5. The molecule has 3 heteroatoms. The van der Waals surface area contributed by atoms with Gasteiger partial charge in [-0.15, -0.1) is 0 Å². The van der Waals surface area contributed by atoms with E-state index in [1.807, 2.05) is 49.4 Å². The number of allylic oxidation sites excluding steroid dienone is 1. The average Bonchev–Trinajstić information content (AvgIpc) is 2.97. The van der Waals surface area contributed by atoms with Gasteiger partial charge in [-0.05, 0) is 30.5 Å². The lowest BCUT2D eigenvalue weighted by Crippen LogP contribution is -2.08. The van der Waals surface area contributed by atoms with E-state index in [2.05, 4.69) is 35.4 Å². The molecule has 25 heavy (non-hydrogen) atoms. The van der Waals surface area contributed by atoms with Crippen LogP contribution in [-0.2, 0) is 13.2 Å². The van der Waals surface area contributed by atoms with Crippen molar-refractivity contribution in [1.29, 1.82) is 0 Å². The predicted molar refractivity (Wildman–Crippen MR) is 103 cm³/mol. The van der Waals surface area contributed by atoms with E-state index < -0.39 is 0 Å². The maximum absolute atomic E-state index is 6.14. The van der Waals surface area contributed by atoms with Gasteiger partial charge in [0.25, 0.3) is 0 Å².